The summed E-state index contributed by atoms with van der Waals surface area (Å²) in [7, 11) is 0. The number of carboxylic acid groups (broad SMARTS) is 1. The minimum atomic E-state index is -1.31. The molecule has 4 heteroatoms. The van der Waals surface area contributed by atoms with Crippen LogP contribution >= 0.6 is 0 Å². The molecular weight excluding hydrogens is 187 g/mol. The third-order valence-electron chi connectivity index (χ3n) is 1.70. The fraction of sp³-hybridized carbons (Fsp3) is 0.300. The maximum Gasteiger partial charge on any atom is 0.347 e. The van der Waals surface area contributed by atoms with Gasteiger partial charge < -0.3 is 9.84 Å². The summed E-state index contributed by atoms with van der Waals surface area (Å²) in [6.45, 7) is 2.86. The van der Waals surface area contributed by atoms with Crippen LogP contribution in [0.15, 0.2) is 24.3 Å². The first-order valence-electron chi connectivity index (χ1n) is 4.10. The van der Waals surface area contributed by atoms with Gasteiger partial charge in [0.25, 0.3) is 0 Å². The van der Waals surface area contributed by atoms with E-state index in [0.717, 1.165) is 0 Å². The molecule has 0 atom stereocenters. The first-order valence-corrected chi connectivity index (χ1v) is 4.10. The van der Waals surface area contributed by atoms with E-state index in [1.165, 1.54) is 38.1 Å². The van der Waals surface area contributed by atoms with Gasteiger partial charge in [-0.05, 0) is 38.1 Å². The lowest BCUT2D eigenvalue weighted by Crippen LogP contribution is -2.37. The van der Waals surface area contributed by atoms with E-state index in [-0.39, 0.29) is 5.82 Å². The van der Waals surface area contributed by atoms with E-state index in [2.05, 4.69) is 0 Å². The van der Waals surface area contributed by atoms with Crippen LogP contribution in [0.5, 0.6) is 5.75 Å². The number of ether oxygens (including phenoxy) is 1. The first kappa shape index (κ1) is 10.5. The zero-order valence-electron chi connectivity index (χ0n) is 7.95. The zero-order chi connectivity index (χ0) is 10.8. The van der Waals surface area contributed by atoms with Crippen molar-refractivity contribution in [1.82, 2.24) is 0 Å². The molecule has 0 aromatic heterocycles. The number of halogens is 1. The van der Waals surface area contributed by atoms with Crippen LogP contribution in [0.25, 0.3) is 0 Å². The average molecular weight is 198 g/mol. The van der Waals surface area contributed by atoms with Crippen molar-refractivity contribution in [3.8, 4) is 5.75 Å². The van der Waals surface area contributed by atoms with Gasteiger partial charge in [0.2, 0.25) is 0 Å². The zero-order valence-corrected chi connectivity index (χ0v) is 7.95. The van der Waals surface area contributed by atoms with E-state index in [1.807, 2.05) is 0 Å². The lowest BCUT2D eigenvalue weighted by molar-refractivity contribution is -0.152. The molecule has 0 saturated heterocycles. The Bertz CT molecular complexity index is 330. The van der Waals surface area contributed by atoms with Crippen LogP contribution in [0.1, 0.15) is 13.8 Å². The van der Waals surface area contributed by atoms with Gasteiger partial charge in [-0.2, -0.15) is 0 Å². The molecule has 1 aromatic carbocycles. The third-order valence-corrected chi connectivity index (χ3v) is 1.70. The second-order valence-electron chi connectivity index (χ2n) is 3.37. The fourth-order valence-electron chi connectivity index (χ4n) is 0.841. The number of hydrogen-bond donors (Lipinski definition) is 1. The van der Waals surface area contributed by atoms with Gasteiger partial charge in [0.15, 0.2) is 5.60 Å². The second-order valence-corrected chi connectivity index (χ2v) is 3.37. The Balaban J connectivity index is 2.79. The molecule has 0 radical (unpaired) electrons. The highest BCUT2D eigenvalue weighted by Crippen LogP contribution is 2.18. The fourth-order valence-corrected chi connectivity index (χ4v) is 0.841. The lowest BCUT2D eigenvalue weighted by Gasteiger charge is -2.21. The summed E-state index contributed by atoms with van der Waals surface area (Å²) in [6.07, 6.45) is 0. The molecule has 1 aromatic rings. The van der Waals surface area contributed by atoms with Gasteiger partial charge in [-0.3, -0.25) is 0 Å². The Hall–Kier alpha value is -1.58. The molecule has 0 fully saturated rings. The summed E-state index contributed by atoms with van der Waals surface area (Å²) in [6, 6.07) is 5.21. The van der Waals surface area contributed by atoms with Gasteiger partial charge >= 0.3 is 5.97 Å². The Kier molecular flexibility index (Phi) is 2.74. The second kappa shape index (κ2) is 3.65. The summed E-state index contributed by atoms with van der Waals surface area (Å²) >= 11 is 0. The van der Waals surface area contributed by atoms with E-state index >= 15 is 0 Å². The molecule has 0 aliphatic carbocycles. The highest BCUT2D eigenvalue weighted by Gasteiger charge is 2.29. The molecule has 76 valence electrons. The number of benzene rings is 1. The van der Waals surface area contributed by atoms with Crippen LogP contribution in [-0.2, 0) is 4.79 Å². The van der Waals surface area contributed by atoms with Gasteiger partial charge in [0, 0.05) is 0 Å². The Morgan fingerprint density at radius 1 is 1.36 bits per heavy atom. The van der Waals surface area contributed by atoms with Crippen molar-refractivity contribution in [3.05, 3.63) is 30.1 Å². The number of carbonyl (C=O) groups is 1. The molecule has 0 saturated carbocycles. The van der Waals surface area contributed by atoms with Crippen molar-refractivity contribution in [3.63, 3.8) is 0 Å². The molecule has 0 aliphatic rings. The quantitative estimate of drug-likeness (QED) is 0.808. The summed E-state index contributed by atoms with van der Waals surface area (Å²) in [5, 5.41) is 8.76. The molecule has 0 amide bonds. The Morgan fingerprint density at radius 3 is 2.29 bits per heavy atom. The van der Waals surface area contributed by atoms with Crippen molar-refractivity contribution in [2.75, 3.05) is 0 Å². The maximum absolute atomic E-state index is 12.5. The number of aliphatic carboxylic acids is 1. The van der Waals surface area contributed by atoms with Crippen LogP contribution in [0.2, 0.25) is 0 Å². The summed E-state index contributed by atoms with van der Waals surface area (Å²) in [5.41, 5.74) is -1.31. The van der Waals surface area contributed by atoms with E-state index < -0.39 is 11.6 Å². The molecule has 0 bridgehead atoms. The molecule has 1 rings (SSSR count). The number of hydrogen-bond acceptors (Lipinski definition) is 2. The van der Waals surface area contributed by atoms with Crippen molar-refractivity contribution >= 4 is 5.97 Å². The molecule has 0 aliphatic heterocycles. The predicted molar refractivity (Wildman–Crippen MR) is 48.7 cm³/mol. The lowest BCUT2D eigenvalue weighted by atomic mass is 10.1. The predicted octanol–water partition coefficient (Wildman–Crippen LogP) is 2.07. The summed E-state index contributed by atoms with van der Waals surface area (Å²) in [5.74, 6) is -1.12. The standard InChI is InChI=1S/C10H11FO3/c1-10(2,9(12)13)14-8-5-3-7(11)4-6-8/h3-6H,1-2H3,(H,12,13). The topological polar surface area (TPSA) is 46.5 Å². The highest BCUT2D eigenvalue weighted by atomic mass is 19.1. The molecule has 14 heavy (non-hydrogen) atoms. The van der Waals surface area contributed by atoms with Crippen LogP contribution in [0.3, 0.4) is 0 Å². The largest absolute Gasteiger partial charge is 0.478 e. The van der Waals surface area contributed by atoms with Crippen molar-refractivity contribution in [2.24, 2.45) is 0 Å². The van der Waals surface area contributed by atoms with Crippen molar-refractivity contribution in [1.29, 1.82) is 0 Å². The normalized spacial score (nSPS) is 11.1. The first-order chi connectivity index (χ1) is 6.42. The highest BCUT2D eigenvalue weighted by molar-refractivity contribution is 5.76. The minimum absolute atomic E-state index is 0.332. The van der Waals surface area contributed by atoms with Crippen molar-refractivity contribution in [2.45, 2.75) is 19.4 Å². The van der Waals surface area contributed by atoms with Gasteiger partial charge in [-0.15, -0.1) is 0 Å². The molecule has 0 heterocycles. The van der Waals surface area contributed by atoms with E-state index in [4.69, 9.17) is 9.84 Å². The van der Waals surface area contributed by atoms with Crippen LogP contribution in [0.4, 0.5) is 4.39 Å². The number of rotatable bonds is 3. The minimum Gasteiger partial charge on any atom is -0.478 e. The number of carboxylic acids is 1. The average Bonchev–Trinajstić information content (AvgIpc) is 2.08. The van der Waals surface area contributed by atoms with Gasteiger partial charge in [0.05, 0.1) is 0 Å². The monoisotopic (exact) mass is 198 g/mol. The van der Waals surface area contributed by atoms with Crippen LogP contribution < -0.4 is 4.74 Å². The molecule has 1 N–H and O–H groups in total. The molecule has 3 nitrogen and oxygen atoms in total. The van der Waals surface area contributed by atoms with Crippen LogP contribution in [-0.4, -0.2) is 16.7 Å². The Morgan fingerprint density at radius 2 is 1.86 bits per heavy atom. The molecule has 0 unspecified atom stereocenters. The van der Waals surface area contributed by atoms with E-state index in [0.29, 0.717) is 5.75 Å². The van der Waals surface area contributed by atoms with Crippen LogP contribution in [0, 0.1) is 5.82 Å². The van der Waals surface area contributed by atoms with Gasteiger partial charge in [-0.1, -0.05) is 0 Å². The van der Waals surface area contributed by atoms with E-state index in [1.54, 1.807) is 0 Å². The summed E-state index contributed by atoms with van der Waals surface area (Å²) < 4.78 is 17.7. The van der Waals surface area contributed by atoms with Gasteiger partial charge in [0.1, 0.15) is 11.6 Å². The SMILES string of the molecule is CC(C)(Oc1ccc(F)cc1)C(=O)O. The van der Waals surface area contributed by atoms with Crippen molar-refractivity contribution < 1.29 is 19.0 Å². The van der Waals surface area contributed by atoms with Gasteiger partial charge in [-0.25, -0.2) is 9.18 Å². The smallest absolute Gasteiger partial charge is 0.347 e. The summed E-state index contributed by atoms with van der Waals surface area (Å²) in [4.78, 5) is 10.7. The molecule has 0 spiro atoms. The Labute approximate surface area is 81.1 Å². The third kappa shape index (κ3) is 2.45. The maximum atomic E-state index is 12.5. The van der Waals surface area contributed by atoms with E-state index in [9.17, 15) is 9.18 Å². The molecular formula is C10H11FO3.